The van der Waals surface area contributed by atoms with Crippen LogP contribution in [0.25, 0.3) is 0 Å². The normalized spacial score (nSPS) is 24.1. The summed E-state index contributed by atoms with van der Waals surface area (Å²) in [7, 11) is 0. The topological polar surface area (TPSA) is 57.9 Å². The van der Waals surface area contributed by atoms with Crippen molar-refractivity contribution < 1.29 is 0 Å². The first-order valence-electron chi connectivity index (χ1n) is 6.66. The molecule has 0 amide bonds. The van der Waals surface area contributed by atoms with Gasteiger partial charge < -0.3 is 10.6 Å². The van der Waals surface area contributed by atoms with E-state index in [9.17, 15) is 0 Å². The first-order chi connectivity index (χ1) is 8.08. The SMILES string of the molecule is CC1(C)CCc2c(N3CCC(N)CC3)n[nH]c21. The minimum Gasteiger partial charge on any atom is -0.355 e. The number of rotatable bonds is 1. The van der Waals surface area contributed by atoms with Gasteiger partial charge in [0.25, 0.3) is 0 Å². The van der Waals surface area contributed by atoms with Crippen molar-refractivity contribution in [1.82, 2.24) is 10.2 Å². The van der Waals surface area contributed by atoms with E-state index in [0.29, 0.717) is 6.04 Å². The number of nitrogens with zero attached hydrogens (tertiary/aromatic N) is 2. The summed E-state index contributed by atoms with van der Waals surface area (Å²) in [6.45, 7) is 6.71. The number of nitrogens with one attached hydrogen (secondary N) is 1. The summed E-state index contributed by atoms with van der Waals surface area (Å²) in [5.41, 5.74) is 9.02. The Kier molecular flexibility index (Phi) is 2.43. The van der Waals surface area contributed by atoms with Crippen molar-refractivity contribution in [2.24, 2.45) is 5.73 Å². The predicted octanol–water partition coefficient (Wildman–Crippen LogP) is 1.56. The highest BCUT2D eigenvalue weighted by atomic mass is 15.3. The zero-order valence-corrected chi connectivity index (χ0v) is 10.8. The van der Waals surface area contributed by atoms with Crippen LogP contribution in [0.15, 0.2) is 0 Å². The third-order valence-electron chi connectivity index (χ3n) is 4.36. The van der Waals surface area contributed by atoms with Crippen molar-refractivity contribution in [3.8, 4) is 0 Å². The van der Waals surface area contributed by atoms with Gasteiger partial charge in [-0.05, 0) is 25.7 Å². The summed E-state index contributed by atoms with van der Waals surface area (Å²) in [5, 5.41) is 7.80. The van der Waals surface area contributed by atoms with Crippen LogP contribution in [0.2, 0.25) is 0 Å². The van der Waals surface area contributed by atoms with Gasteiger partial charge in [0.15, 0.2) is 5.82 Å². The summed E-state index contributed by atoms with van der Waals surface area (Å²) in [5.74, 6) is 1.19. The lowest BCUT2D eigenvalue weighted by Crippen LogP contribution is -2.40. The van der Waals surface area contributed by atoms with Crippen LogP contribution in [0.1, 0.15) is 44.4 Å². The lowest BCUT2D eigenvalue weighted by molar-refractivity contribution is 0.492. The van der Waals surface area contributed by atoms with Crippen LogP contribution in [-0.2, 0) is 11.8 Å². The number of hydrogen-bond donors (Lipinski definition) is 2. The highest BCUT2D eigenvalue weighted by molar-refractivity contribution is 5.53. The second kappa shape index (κ2) is 3.73. The van der Waals surface area contributed by atoms with Crippen molar-refractivity contribution in [1.29, 1.82) is 0 Å². The first kappa shape index (κ1) is 11.1. The number of aromatic nitrogens is 2. The predicted molar refractivity (Wildman–Crippen MR) is 69.4 cm³/mol. The maximum Gasteiger partial charge on any atom is 0.153 e. The average molecular weight is 234 g/mol. The van der Waals surface area contributed by atoms with Crippen LogP contribution >= 0.6 is 0 Å². The molecule has 1 aromatic rings. The van der Waals surface area contributed by atoms with Gasteiger partial charge in [-0.15, -0.1) is 0 Å². The molecule has 4 nitrogen and oxygen atoms in total. The highest BCUT2D eigenvalue weighted by Crippen LogP contribution is 2.41. The molecule has 1 fully saturated rings. The lowest BCUT2D eigenvalue weighted by Gasteiger charge is -2.30. The fourth-order valence-corrected chi connectivity index (χ4v) is 3.09. The summed E-state index contributed by atoms with van der Waals surface area (Å²) >= 11 is 0. The van der Waals surface area contributed by atoms with Gasteiger partial charge in [-0.2, -0.15) is 5.10 Å². The monoisotopic (exact) mass is 234 g/mol. The van der Waals surface area contributed by atoms with E-state index in [2.05, 4.69) is 28.9 Å². The summed E-state index contributed by atoms with van der Waals surface area (Å²) in [6.07, 6.45) is 4.57. The Morgan fingerprint density at radius 1 is 1.35 bits per heavy atom. The van der Waals surface area contributed by atoms with Crippen molar-refractivity contribution in [2.45, 2.75) is 51.0 Å². The minimum atomic E-state index is 0.271. The fraction of sp³-hybridized carbons (Fsp3) is 0.769. The molecule has 1 aliphatic carbocycles. The maximum atomic E-state index is 5.95. The summed E-state index contributed by atoms with van der Waals surface area (Å²) in [6, 6.07) is 0.384. The highest BCUT2D eigenvalue weighted by Gasteiger charge is 2.35. The van der Waals surface area contributed by atoms with E-state index in [1.165, 1.54) is 23.5 Å². The molecule has 0 saturated carbocycles. The number of fused-ring (bicyclic) bond motifs is 1. The van der Waals surface area contributed by atoms with Gasteiger partial charge in [0.2, 0.25) is 0 Å². The standard InChI is InChI=1S/C13H22N4/c1-13(2)6-3-10-11(13)15-16-12(10)17-7-4-9(14)5-8-17/h9H,3-8,14H2,1-2H3,(H,15,16). The fourth-order valence-electron chi connectivity index (χ4n) is 3.09. The number of nitrogens with two attached hydrogens (primary N) is 1. The van der Waals surface area contributed by atoms with E-state index in [-0.39, 0.29) is 5.41 Å². The molecule has 0 aromatic carbocycles. The van der Waals surface area contributed by atoms with Gasteiger partial charge in [-0.1, -0.05) is 13.8 Å². The summed E-state index contributed by atoms with van der Waals surface area (Å²) in [4.78, 5) is 2.40. The van der Waals surface area contributed by atoms with Crippen LogP contribution in [0, 0.1) is 0 Å². The van der Waals surface area contributed by atoms with E-state index in [1.807, 2.05) is 0 Å². The second-order valence-electron chi connectivity index (χ2n) is 6.11. The zero-order chi connectivity index (χ0) is 12.0. The molecule has 1 saturated heterocycles. The maximum absolute atomic E-state index is 5.95. The number of hydrogen-bond acceptors (Lipinski definition) is 3. The van der Waals surface area contributed by atoms with Gasteiger partial charge >= 0.3 is 0 Å². The van der Waals surface area contributed by atoms with Crippen molar-refractivity contribution in [3.63, 3.8) is 0 Å². The Morgan fingerprint density at radius 2 is 2.06 bits per heavy atom. The number of aromatic amines is 1. The van der Waals surface area contributed by atoms with Gasteiger partial charge in [0.05, 0.1) is 0 Å². The van der Waals surface area contributed by atoms with Crippen LogP contribution in [0.5, 0.6) is 0 Å². The Bertz CT molecular complexity index is 413. The Balaban J connectivity index is 1.86. The number of anilines is 1. The Hall–Kier alpha value is -1.03. The number of H-pyrrole nitrogens is 1. The third-order valence-corrected chi connectivity index (χ3v) is 4.36. The van der Waals surface area contributed by atoms with Crippen molar-refractivity contribution in [2.75, 3.05) is 18.0 Å². The first-order valence-corrected chi connectivity index (χ1v) is 6.66. The molecular formula is C13H22N4. The number of piperidine rings is 1. The molecule has 3 rings (SSSR count). The molecule has 94 valence electrons. The molecule has 0 unspecified atom stereocenters. The van der Waals surface area contributed by atoms with E-state index < -0.39 is 0 Å². The molecule has 1 aromatic heterocycles. The molecule has 0 bridgehead atoms. The van der Waals surface area contributed by atoms with Crippen LogP contribution in [0.4, 0.5) is 5.82 Å². The Morgan fingerprint density at radius 3 is 2.76 bits per heavy atom. The van der Waals surface area contributed by atoms with E-state index in [4.69, 9.17) is 5.73 Å². The zero-order valence-electron chi connectivity index (χ0n) is 10.8. The molecule has 3 N–H and O–H groups in total. The molecular weight excluding hydrogens is 212 g/mol. The average Bonchev–Trinajstić information content (AvgIpc) is 2.82. The van der Waals surface area contributed by atoms with Gasteiger partial charge in [0, 0.05) is 35.8 Å². The minimum absolute atomic E-state index is 0.271. The second-order valence-corrected chi connectivity index (χ2v) is 6.11. The van der Waals surface area contributed by atoms with E-state index in [0.717, 1.165) is 32.4 Å². The van der Waals surface area contributed by atoms with Crippen LogP contribution in [0.3, 0.4) is 0 Å². The third kappa shape index (κ3) is 1.75. The Labute approximate surface area is 103 Å². The molecule has 4 heteroatoms. The van der Waals surface area contributed by atoms with Gasteiger partial charge in [-0.25, -0.2) is 0 Å². The molecule has 0 radical (unpaired) electrons. The smallest absolute Gasteiger partial charge is 0.153 e. The van der Waals surface area contributed by atoms with Gasteiger partial charge in [0.1, 0.15) is 0 Å². The van der Waals surface area contributed by atoms with Crippen molar-refractivity contribution in [3.05, 3.63) is 11.3 Å². The molecule has 2 aliphatic rings. The molecule has 17 heavy (non-hydrogen) atoms. The quantitative estimate of drug-likeness (QED) is 0.775. The van der Waals surface area contributed by atoms with Crippen LogP contribution in [-0.4, -0.2) is 29.3 Å². The van der Waals surface area contributed by atoms with E-state index in [1.54, 1.807) is 0 Å². The van der Waals surface area contributed by atoms with E-state index >= 15 is 0 Å². The summed E-state index contributed by atoms with van der Waals surface area (Å²) < 4.78 is 0. The van der Waals surface area contributed by atoms with Crippen molar-refractivity contribution >= 4 is 5.82 Å². The lowest BCUT2D eigenvalue weighted by atomic mass is 9.91. The molecule has 0 spiro atoms. The largest absolute Gasteiger partial charge is 0.355 e. The van der Waals surface area contributed by atoms with Crippen LogP contribution < -0.4 is 10.6 Å². The molecule has 2 heterocycles. The molecule has 1 aliphatic heterocycles. The molecule has 0 atom stereocenters. The van der Waals surface area contributed by atoms with Gasteiger partial charge in [-0.3, -0.25) is 5.10 Å².